The molecule has 0 amide bonds. The molecule has 78 valence electrons. The number of hydrogen-bond acceptors (Lipinski definition) is 3. The summed E-state index contributed by atoms with van der Waals surface area (Å²) in [5.74, 6) is 0. The lowest BCUT2D eigenvalue weighted by atomic mass is 9.82. The van der Waals surface area contributed by atoms with E-state index in [4.69, 9.17) is 20.5 Å². The average Bonchev–Trinajstić information content (AvgIpc) is 2.22. The number of hydrogen-bond donors (Lipinski definition) is 2. The van der Waals surface area contributed by atoms with Gasteiger partial charge in [-0.05, 0) is 33.9 Å². The Hall–Kier alpha value is -0.805. The molecule has 0 aromatic heterocycles. The second-order valence-corrected chi connectivity index (χ2v) is 4.45. The summed E-state index contributed by atoms with van der Waals surface area (Å²) < 4.78 is 11.4. The molecular weight excluding hydrogens is 179 g/mol. The molecule has 0 aromatic carbocycles. The Balaban J connectivity index is 2.78. The molecule has 0 spiro atoms. The molecule has 4 N–H and O–H groups in total. The van der Waals surface area contributed by atoms with E-state index < -0.39 is 7.12 Å². The van der Waals surface area contributed by atoms with Gasteiger partial charge in [0.2, 0.25) is 5.61 Å². The van der Waals surface area contributed by atoms with Gasteiger partial charge in [-0.25, -0.2) is 0 Å². The van der Waals surface area contributed by atoms with Crippen LogP contribution in [0.1, 0.15) is 27.7 Å². The monoisotopic (exact) mass is 197 g/mol. The molecule has 0 aromatic rings. The van der Waals surface area contributed by atoms with Crippen molar-refractivity contribution in [3.63, 3.8) is 0 Å². The summed E-state index contributed by atoms with van der Waals surface area (Å²) in [5.41, 5.74) is 5.02. The summed E-state index contributed by atoms with van der Waals surface area (Å²) in [6.45, 7) is 7.91. The van der Waals surface area contributed by atoms with Gasteiger partial charge in [0, 0.05) is 6.08 Å². The van der Waals surface area contributed by atoms with E-state index in [0.29, 0.717) is 5.61 Å². The molecule has 0 bridgehead atoms. The lowest BCUT2D eigenvalue weighted by molar-refractivity contribution is -0.110. The zero-order chi connectivity index (χ0) is 11.0. The molecular formula is C9H18BN2O2+. The van der Waals surface area contributed by atoms with E-state index in [1.54, 1.807) is 6.08 Å². The van der Waals surface area contributed by atoms with E-state index in [0.717, 1.165) is 0 Å². The van der Waals surface area contributed by atoms with Gasteiger partial charge in [-0.15, -0.1) is 0 Å². The molecule has 1 heterocycles. The number of rotatable bonds is 2. The van der Waals surface area contributed by atoms with Gasteiger partial charge in [0.15, 0.2) is 0 Å². The first-order valence-corrected chi connectivity index (χ1v) is 4.66. The van der Waals surface area contributed by atoms with Crippen LogP contribution in [-0.2, 0) is 9.31 Å². The van der Waals surface area contributed by atoms with Crippen molar-refractivity contribution in [1.29, 1.82) is 0 Å². The van der Waals surface area contributed by atoms with Crippen molar-refractivity contribution in [3.8, 4) is 0 Å². The summed E-state index contributed by atoms with van der Waals surface area (Å²) in [7, 11) is -0.500. The van der Waals surface area contributed by atoms with Crippen LogP contribution in [0.15, 0.2) is 12.3 Å². The Morgan fingerprint density at radius 1 is 1.21 bits per heavy atom. The van der Waals surface area contributed by atoms with Crippen LogP contribution in [0.25, 0.3) is 0 Å². The molecule has 5 heteroatoms. The smallest absolute Gasteiger partial charge is 0.404 e. The van der Waals surface area contributed by atoms with Crippen LogP contribution in [0.5, 0.6) is 0 Å². The van der Waals surface area contributed by atoms with E-state index in [2.05, 4.69) is 0 Å². The molecule has 0 radical (unpaired) electrons. The standard InChI is InChI=1S/C9H17BN2O2/c1-8(2)9(3,4)14-10(13-8)7(12)5-6-11/h5-6,12H,11H2,1-4H3/p+1. The van der Waals surface area contributed by atoms with E-state index in [1.165, 1.54) is 6.20 Å². The molecule has 14 heavy (non-hydrogen) atoms. The van der Waals surface area contributed by atoms with Gasteiger partial charge < -0.3 is 15.0 Å². The highest BCUT2D eigenvalue weighted by Gasteiger charge is 2.54. The fourth-order valence-electron chi connectivity index (χ4n) is 1.17. The maximum atomic E-state index is 5.73. The quantitative estimate of drug-likeness (QED) is 0.453. The van der Waals surface area contributed by atoms with Crippen molar-refractivity contribution in [1.82, 2.24) is 0 Å². The third kappa shape index (κ3) is 1.83. The van der Waals surface area contributed by atoms with Gasteiger partial charge in [0.25, 0.3) is 0 Å². The van der Waals surface area contributed by atoms with E-state index in [-0.39, 0.29) is 11.2 Å². The maximum Gasteiger partial charge on any atom is 0.566 e. The van der Waals surface area contributed by atoms with Crippen molar-refractivity contribution in [2.24, 2.45) is 5.73 Å². The Bertz CT molecular complexity index is 258. The van der Waals surface area contributed by atoms with Crippen LogP contribution in [0.3, 0.4) is 0 Å². The van der Waals surface area contributed by atoms with E-state index in [9.17, 15) is 0 Å². The predicted octanol–water partition coefficient (Wildman–Crippen LogP) is -0.710. The molecule has 1 aliphatic rings. The molecule has 1 rings (SSSR count). The minimum Gasteiger partial charge on any atom is -0.404 e. The Morgan fingerprint density at radius 3 is 2.00 bits per heavy atom. The highest BCUT2D eigenvalue weighted by molar-refractivity contribution is 6.83. The molecule has 1 aliphatic heterocycles. The van der Waals surface area contributed by atoms with Gasteiger partial charge in [-0.3, -0.25) is 5.41 Å². The van der Waals surface area contributed by atoms with Crippen LogP contribution in [-0.4, -0.2) is 23.9 Å². The molecule has 0 unspecified atom stereocenters. The summed E-state index contributed by atoms with van der Waals surface area (Å²) >= 11 is 0. The molecule has 0 atom stereocenters. The summed E-state index contributed by atoms with van der Waals surface area (Å²) in [6.07, 6.45) is 2.96. The lowest BCUT2D eigenvalue weighted by Gasteiger charge is -2.32. The van der Waals surface area contributed by atoms with Crippen molar-refractivity contribution >= 4 is 12.7 Å². The van der Waals surface area contributed by atoms with Gasteiger partial charge >= 0.3 is 7.12 Å². The minimum atomic E-state index is -0.500. The highest BCUT2D eigenvalue weighted by Crippen LogP contribution is 2.36. The van der Waals surface area contributed by atoms with E-state index in [1.807, 2.05) is 27.7 Å². The maximum absolute atomic E-state index is 5.73. The van der Waals surface area contributed by atoms with Gasteiger partial charge in [0.1, 0.15) is 0 Å². The fraction of sp³-hybridized carbons (Fsp3) is 0.667. The van der Waals surface area contributed by atoms with Gasteiger partial charge in [-0.1, -0.05) is 0 Å². The van der Waals surface area contributed by atoms with Crippen molar-refractivity contribution in [3.05, 3.63) is 12.3 Å². The Kier molecular flexibility index (Phi) is 2.74. The zero-order valence-electron chi connectivity index (χ0n) is 9.20. The predicted molar refractivity (Wildman–Crippen MR) is 56.3 cm³/mol. The van der Waals surface area contributed by atoms with Crippen molar-refractivity contribution in [2.45, 2.75) is 38.9 Å². The Labute approximate surface area is 85.1 Å². The number of nitrogens with two attached hydrogens (primary N) is 2. The first-order chi connectivity index (χ1) is 6.30. The van der Waals surface area contributed by atoms with Gasteiger partial charge in [-0.2, -0.15) is 0 Å². The Morgan fingerprint density at radius 2 is 1.64 bits per heavy atom. The first kappa shape index (κ1) is 11.3. The molecule has 1 saturated heterocycles. The van der Waals surface area contributed by atoms with Crippen LogP contribution in [0, 0.1) is 0 Å². The molecule has 1 fully saturated rings. The molecule has 0 aliphatic carbocycles. The summed E-state index contributed by atoms with van der Waals surface area (Å²) in [5, 5.41) is 5.73. The SMILES string of the molecule is CC1(C)OB(C(=[NH2+])C=CN)OC1(C)C. The van der Waals surface area contributed by atoms with Crippen molar-refractivity contribution in [2.75, 3.05) is 0 Å². The molecule has 4 nitrogen and oxygen atoms in total. The summed E-state index contributed by atoms with van der Waals surface area (Å²) in [6, 6.07) is 0. The van der Waals surface area contributed by atoms with Gasteiger partial charge in [0.05, 0.1) is 11.2 Å². The normalized spacial score (nSPS) is 24.4. The lowest BCUT2D eigenvalue weighted by Crippen LogP contribution is -2.49. The zero-order valence-corrected chi connectivity index (χ0v) is 9.20. The van der Waals surface area contributed by atoms with Crippen molar-refractivity contribution < 1.29 is 14.7 Å². The topological polar surface area (TPSA) is 70.1 Å². The minimum absolute atomic E-state index is 0.356. The largest absolute Gasteiger partial charge is 0.566 e. The summed E-state index contributed by atoms with van der Waals surface area (Å²) in [4.78, 5) is 0. The number of allylic oxidation sites excluding steroid dienone is 1. The van der Waals surface area contributed by atoms with Crippen LogP contribution in [0.4, 0.5) is 0 Å². The van der Waals surface area contributed by atoms with Crippen LogP contribution in [0.2, 0.25) is 0 Å². The fourth-order valence-corrected chi connectivity index (χ4v) is 1.17. The third-order valence-corrected chi connectivity index (χ3v) is 2.81. The third-order valence-electron chi connectivity index (χ3n) is 2.81. The van der Waals surface area contributed by atoms with E-state index >= 15 is 0 Å². The molecule has 0 saturated carbocycles. The second-order valence-electron chi connectivity index (χ2n) is 4.45. The van der Waals surface area contributed by atoms with Crippen LogP contribution < -0.4 is 11.1 Å². The first-order valence-electron chi connectivity index (χ1n) is 4.66. The average molecular weight is 197 g/mol. The van der Waals surface area contributed by atoms with Crippen LogP contribution >= 0.6 is 0 Å². The second kappa shape index (κ2) is 3.40. The highest BCUT2D eigenvalue weighted by atomic mass is 16.7.